The summed E-state index contributed by atoms with van der Waals surface area (Å²) in [6.45, 7) is 4.84. The lowest BCUT2D eigenvalue weighted by molar-refractivity contribution is 0.208. The highest BCUT2D eigenvalue weighted by atomic mass is 16.5. The fourth-order valence-electron chi connectivity index (χ4n) is 2.47. The van der Waals surface area contributed by atoms with Gasteiger partial charge in [0, 0.05) is 12.1 Å². The Hall–Kier alpha value is -1.28. The second-order valence-corrected chi connectivity index (χ2v) is 5.09. The molecule has 0 unspecified atom stereocenters. The maximum Gasteiger partial charge on any atom is 0.130 e. The van der Waals surface area contributed by atoms with Crippen LogP contribution in [-0.4, -0.2) is 12.6 Å². The fraction of sp³-hybridized carbons (Fsp3) is 0.500. The molecule has 2 N–H and O–H groups in total. The molecule has 0 aliphatic heterocycles. The highest BCUT2D eigenvalue weighted by molar-refractivity contribution is 5.61. The van der Waals surface area contributed by atoms with Crippen molar-refractivity contribution in [2.75, 3.05) is 6.54 Å². The lowest BCUT2D eigenvalue weighted by Gasteiger charge is -2.18. The minimum absolute atomic E-state index is 0.399. The zero-order chi connectivity index (χ0) is 13.0. The summed E-state index contributed by atoms with van der Waals surface area (Å²) in [5, 5.41) is 0. The average molecular weight is 245 g/mol. The van der Waals surface area contributed by atoms with Gasteiger partial charge in [-0.1, -0.05) is 24.3 Å². The van der Waals surface area contributed by atoms with Crippen molar-refractivity contribution in [2.45, 2.75) is 45.6 Å². The topological polar surface area (TPSA) is 35.2 Å². The quantitative estimate of drug-likeness (QED) is 0.879. The first-order valence-corrected chi connectivity index (χ1v) is 6.86. The molecule has 0 saturated heterocycles. The standard InChI is InChI=1S/C16H23NO/c1-12-9-10-14(6-5-11-17)16(13(12)2)18-15-7-3-4-8-15/h5-6,9-10,15H,3-4,7-8,11,17H2,1-2H3/b6-5+. The van der Waals surface area contributed by atoms with E-state index in [0.29, 0.717) is 12.6 Å². The van der Waals surface area contributed by atoms with Gasteiger partial charge in [0.1, 0.15) is 5.75 Å². The van der Waals surface area contributed by atoms with Crippen molar-refractivity contribution in [2.24, 2.45) is 5.73 Å². The Morgan fingerprint density at radius 3 is 2.67 bits per heavy atom. The summed E-state index contributed by atoms with van der Waals surface area (Å²) >= 11 is 0. The average Bonchev–Trinajstić information content (AvgIpc) is 2.87. The Labute approximate surface area is 110 Å². The van der Waals surface area contributed by atoms with Gasteiger partial charge in [-0.15, -0.1) is 0 Å². The van der Waals surface area contributed by atoms with Crippen molar-refractivity contribution in [3.8, 4) is 5.75 Å². The van der Waals surface area contributed by atoms with Crippen molar-refractivity contribution in [3.63, 3.8) is 0 Å². The van der Waals surface area contributed by atoms with Crippen molar-refractivity contribution >= 4 is 6.08 Å². The monoisotopic (exact) mass is 245 g/mol. The molecule has 1 aliphatic carbocycles. The van der Waals surface area contributed by atoms with Gasteiger partial charge in [0.05, 0.1) is 6.10 Å². The van der Waals surface area contributed by atoms with E-state index < -0.39 is 0 Å². The smallest absolute Gasteiger partial charge is 0.130 e. The van der Waals surface area contributed by atoms with Crippen LogP contribution in [-0.2, 0) is 0 Å². The third kappa shape index (κ3) is 2.94. The molecule has 0 atom stereocenters. The van der Waals surface area contributed by atoms with Crippen LogP contribution in [0, 0.1) is 13.8 Å². The zero-order valence-electron chi connectivity index (χ0n) is 11.4. The molecule has 0 aromatic heterocycles. The Balaban J connectivity index is 2.28. The molecule has 0 bridgehead atoms. The van der Waals surface area contributed by atoms with Crippen LogP contribution in [0.15, 0.2) is 18.2 Å². The molecule has 1 aromatic carbocycles. The van der Waals surface area contributed by atoms with Crippen LogP contribution in [0.3, 0.4) is 0 Å². The van der Waals surface area contributed by atoms with Gasteiger partial charge in [0.2, 0.25) is 0 Å². The summed E-state index contributed by atoms with van der Waals surface area (Å²) in [4.78, 5) is 0. The van der Waals surface area contributed by atoms with Gasteiger partial charge < -0.3 is 10.5 Å². The van der Waals surface area contributed by atoms with Crippen LogP contribution in [0.25, 0.3) is 6.08 Å². The van der Waals surface area contributed by atoms with Crippen LogP contribution in [0.5, 0.6) is 5.75 Å². The zero-order valence-corrected chi connectivity index (χ0v) is 11.4. The Morgan fingerprint density at radius 1 is 1.28 bits per heavy atom. The van der Waals surface area contributed by atoms with Crippen LogP contribution in [0.2, 0.25) is 0 Å². The molecule has 2 heteroatoms. The molecule has 0 radical (unpaired) electrons. The van der Waals surface area contributed by atoms with Gasteiger partial charge in [0.25, 0.3) is 0 Å². The number of hydrogen-bond acceptors (Lipinski definition) is 2. The molecule has 98 valence electrons. The molecular formula is C16H23NO. The third-order valence-electron chi connectivity index (χ3n) is 3.73. The molecule has 1 fully saturated rings. The minimum atomic E-state index is 0.399. The number of aryl methyl sites for hydroxylation is 1. The number of benzene rings is 1. The van der Waals surface area contributed by atoms with E-state index in [4.69, 9.17) is 10.5 Å². The summed E-state index contributed by atoms with van der Waals surface area (Å²) in [6.07, 6.45) is 9.41. The molecule has 1 saturated carbocycles. The van der Waals surface area contributed by atoms with Crippen LogP contribution < -0.4 is 10.5 Å². The molecule has 2 rings (SSSR count). The van der Waals surface area contributed by atoms with Crippen LogP contribution in [0.1, 0.15) is 42.4 Å². The van der Waals surface area contributed by atoms with Gasteiger partial charge in [-0.25, -0.2) is 0 Å². The van der Waals surface area contributed by atoms with Crippen molar-refractivity contribution in [3.05, 3.63) is 34.9 Å². The fourth-order valence-corrected chi connectivity index (χ4v) is 2.47. The van der Waals surface area contributed by atoms with Crippen molar-refractivity contribution in [1.82, 2.24) is 0 Å². The molecule has 1 aromatic rings. The van der Waals surface area contributed by atoms with E-state index in [0.717, 1.165) is 11.3 Å². The predicted octanol–water partition coefficient (Wildman–Crippen LogP) is 3.60. The Bertz CT molecular complexity index is 431. The van der Waals surface area contributed by atoms with E-state index >= 15 is 0 Å². The first-order chi connectivity index (χ1) is 8.72. The largest absolute Gasteiger partial charge is 0.490 e. The maximum absolute atomic E-state index is 6.22. The highest BCUT2D eigenvalue weighted by Gasteiger charge is 2.19. The summed E-state index contributed by atoms with van der Waals surface area (Å²) in [5.41, 5.74) is 9.22. The maximum atomic E-state index is 6.22. The lowest BCUT2D eigenvalue weighted by atomic mass is 10.0. The van der Waals surface area contributed by atoms with E-state index in [-0.39, 0.29) is 0 Å². The second-order valence-electron chi connectivity index (χ2n) is 5.09. The highest BCUT2D eigenvalue weighted by Crippen LogP contribution is 2.32. The van der Waals surface area contributed by atoms with Gasteiger partial charge in [0.15, 0.2) is 0 Å². The summed E-state index contributed by atoms with van der Waals surface area (Å²) in [5.74, 6) is 1.05. The Morgan fingerprint density at radius 2 is 2.00 bits per heavy atom. The number of hydrogen-bond donors (Lipinski definition) is 1. The molecule has 0 spiro atoms. The van der Waals surface area contributed by atoms with Crippen LogP contribution >= 0.6 is 0 Å². The molecule has 0 heterocycles. The van der Waals surface area contributed by atoms with Gasteiger partial charge in [-0.05, 0) is 50.7 Å². The summed E-state index contributed by atoms with van der Waals surface area (Å²) in [6, 6.07) is 4.27. The van der Waals surface area contributed by atoms with E-state index in [9.17, 15) is 0 Å². The van der Waals surface area contributed by atoms with Crippen molar-refractivity contribution in [1.29, 1.82) is 0 Å². The molecule has 2 nitrogen and oxygen atoms in total. The van der Waals surface area contributed by atoms with E-state index in [1.54, 1.807) is 0 Å². The van der Waals surface area contributed by atoms with Gasteiger partial charge in [-0.3, -0.25) is 0 Å². The first kappa shape index (κ1) is 13.2. The lowest BCUT2D eigenvalue weighted by Crippen LogP contribution is -2.13. The number of rotatable bonds is 4. The van der Waals surface area contributed by atoms with E-state index in [1.807, 2.05) is 6.08 Å². The van der Waals surface area contributed by atoms with Crippen LogP contribution in [0.4, 0.5) is 0 Å². The number of nitrogens with two attached hydrogens (primary N) is 1. The molecule has 18 heavy (non-hydrogen) atoms. The third-order valence-corrected chi connectivity index (χ3v) is 3.73. The normalized spacial score (nSPS) is 16.6. The molecular weight excluding hydrogens is 222 g/mol. The Kier molecular flexibility index (Phi) is 4.43. The summed E-state index contributed by atoms with van der Waals surface area (Å²) < 4.78 is 6.22. The van der Waals surface area contributed by atoms with E-state index in [2.05, 4.69) is 32.1 Å². The second kappa shape index (κ2) is 6.05. The van der Waals surface area contributed by atoms with Gasteiger partial charge >= 0.3 is 0 Å². The van der Waals surface area contributed by atoms with Crippen molar-refractivity contribution < 1.29 is 4.74 Å². The minimum Gasteiger partial charge on any atom is -0.490 e. The van der Waals surface area contributed by atoms with E-state index in [1.165, 1.54) is 36.8 Å². The SMILES string of the molecule is Cc1ccc(/C=C/CN)c(OC2CCCC2)c1C. The molecule has 0 amide bonds. The first-order valence-electron chi connectivity index (χ1n) is 6.86. The molecule has 1 aliphatic rings. The van der Waals surface area contributed by atoms with Gasteiger partial charge in [-0.2, -0.15) is 0 Å². The predicted molar refractivity (Wildman–Crippen MR) is 76.9 cm³/mol. The number of ether oxygens (including phenoxy) is 1. The summed E-state index contributed by atoms with van der Waals surface area (Å²) in [7, 11) is 0.